The van der Waals surface area contributed by atoms with Gasteiger partial charge in [-0.15, -0.1) is 0 Å². The highest BCUT2D eigenvalue weighted by atomic mass is 35.5. The molecule has 0 radical (unpaired) electrons. The molecule has 2 N–H and O–H groups in total. The van der Waals surface area contributed by atoms with E-state index < -0.39 is 0 Å². The highest BCUT2D eigenvalue weighted by Gasteiger charge is 2.28. The van der Waals surface area contributed by atoms with Crippen molar-refractivity contribution in [1.82, 2.24) is 5.32 Å². The van der Waals surface area contributed by atoms with Crippen molar-refractivity contribution in [2.75, 3.05) is 13.2 Å². The Kier molecular flexibility index (Phi) is 11.0. The predicted molar refractivity (Wildman–Crippen MR) is 139 cm³/mol. The molecule has 1 heterocycles. The number of nitrogens with zero attached hydrogens (tertiary/aromatic N) is 1. The van der Waals surface area contributed by atoms with E-state index in [1.165, 1.54) is 0 Å². The second-order valence-corrected chi connectivity index (χ2v) is 9.79. The third kappa shape index (κ3) is 8.93. The number of aliphatic hydroxyl groups excluding tert-OH is 1. The summed E-state index contributed by atoms with van der Waals surface area (Å²) in [6.07, 6.45) is 10.3. The number of hydrogen-bond acceptors (Lipinski definition) is 5. The van der Waals surface area contributed by atoms with Gasteiger partial charge in [-0.05, 0) is 68.2 Å². The van der Waals surface area contributed by atoms with E-state index in [2.05, 4.69) is 12.2 Å². The van der Waals surface area contributed by atoms with Crippen molar-refractivity contribution in [2.45, 2.75) is 77.2 Å². The van der Waals surface area contributed by atoms with Crippen LogP contribution in [0.2, 0.25) is 5.02 Å². The maximum absolute atomic E-state index is 13.2. The minimum Gasteiger partial charge on any atom is -0.473 e. The number of rotatable bonds is 11. The molecule has 2 unspecified atom stereocenters. The Hall–Kier alpha value is -2.44. The first-order valence-electron chi connectivity index (χ1n) is 12.8. The van der Waals surface area contributed by atoms with Crippen LogP contribution >= 0.6 is 11.6 Å². The molecule has 6 nitrogen and oxygen atoms in total. The molecule has 7 heteroatoms. The molecular weight excluding hydrogens is 464 g/mol. The van der Waals surface area contributed by atoms with Gasteiger partial charge in [-0.3, -0.25) is 9.59 Å². The van der Waals surface area contributed by atoms with Crippen LogP contribution in [0.15, 0.2) is 52.7 Å². The van der Waals surface area contributed by atoms with Crippen LogP contribution in [0.5, 0.6) is 0 Å². The van der Waals surface area contributed by atoms with E-state index >= 15 is 0 Å². The second-order valence-electron chi connectivity index (χ2n) is 9.36. The SMILES string of the molecule is CCCC1=C(C(=O)NCCCCCO)CC(Cc2ccc(Cl)cc2)CC(OC2C=CCC(=O)C2)=N1. The predicted octanol–water partition coefficient (Wildman–Crippen LogP) is 5.33. The quantitative estimate of drug-likeness (QED) is 0.317. The van der Waals surface area contributed by atoms with Gasteiger partial charge in [-0.2, -0.15) is 0 Å². The van der Waals surface area contributed by atoms with Crippen LogP contribution in [0.3, 0.4) is 0 Å². The molecule has 2 atom stereocenters. The number of allylic oxidation sites excluding steroid dienone is 2. The van der Waals surface area contributed by atoms with Crippen molar-refractivity contribution in [1.29, 1.82) is 0 Å². The molecule has 0 fully saturated rings. The number of aliphatic imine (C=N–C) groups is 1. The maximum Gasteiger partial charge on any atom is 0.249 e. The summed E-state index contributed by atoms with van der Waals surface area (Å²) in [5.41, 5.74) is 2.65. The average Bonchev–Trinajstić information content (AvgIpc) is 2.99. The fourth-order valence-corrected chi connectivity index (χ4v) is 4.66. The van der Waals surface area contributed by atoms with Crippen LogP contribution < -0.4 is 5.32 Å². The topological polar surface area (TPSA) is 88.0 Å². The first-order chi connectivity index (χ1) is 17.0. The molecule has 1 aliphatic carbocycles. The Labute approximate surface area is 213 Å². The fraction of sp³-hybridized carbons (Fsp3) is 0.536. The largest absolute Gasteiger partial charge is 0.473 e. The zero-order chi connectivity index (χ0) is 25.0. The summed E-state index contributed by atoms with van der Waals surface area (Å²) >= 11 is 6.08. The summed E-state index contributed by atoms with van der Waals surface area (Å²) in [5.74, 6) is 0.816. The van der Waals surface area contributed by atoms with Crippen LogP contribution in [0.25, 0.3) is 0 Å². The molecule has 0 saturated heterocycles. The zero-order valence-corrected chi connectivity index (χ0v) is 21.4. The smallest absolute Gasteiger partial charge is 0.249 e. The van der Waals surface area contributed by atoms with Gasteiger partial charge in [-0.1, -0.05) is 43.2 Å². The van der Waals surface area contributed by atoms with Gasteiger partial charge in [0.25, 0.3) is 0 Å². The molecule has 0 aromatic heterocycles. The molecular formula is C28H37ClN2O4. The number of carbonyl (C=O) groups is 2. The lowest BCUT2D eigenvalue weighted by molar-refractivity contribution is -0.120. The van der Waals surface area contributed by atoms with Gasteiger partial charge in [0.1, 0.15) is 11.9 Å². The number of unbranched alkanes of at least 4 members (excludes halogenated alkanes) is 2. The monoisotopic (exact) mass is 500 g/mol. The normalized spacial score (nSPS) is 20.4. The molecule has 1 aromatic rings. The average molecular weight is 501 g/mol. The summed E-state index contributed by atoms with van der Waals surface area (Å²) in [7, 11) is 0. The van der Waals surface area contributed by atoms with Crippen LogP contribution in [0, 0.1) is 5.92 Å². The number of carbonyl (C=O) groups excluding carboxylic acids is 2. The Balaban J connectivity index is 1.83. The van der Waals surface area contributed by atoms with Gasteiger partial charge in [0, 0.05) is 43.0 Å². The lowest BCUT2D eigenvalue weighted by Crippen LogP contribution is -2.28. The number of ketones is 1. The van der Waals surface area contributed by atoms with E-state index in [9.17, 15) is 9.59 Å². The van der Waals surface area contributed by atoms with Crippen molar-refractivity contribution in [3.63, 3.8) is 0 Å². The number of aliphatic hydroxyl groups is 1. The van der Waals surface area contributed by atoms with Crippen molar-refractivity contribution in [3.8, 4) is 0 Å². The first kappa shape index (κ1) is 27.2. The van der Waals surface area contributed by atoms with Crippen LogP contribution in [-0.2, 0) is 20.7 Å². The van der Waals surface area contributed by atoms with Crippen molar-refractivity contribution >= 4 is 29.2 Å². The van der Waals surface area contributed by atoms with E-state index in [0.717, 1.165) is 48.9 Å². The van der Waals surface area contributed by atoms with Gasteiger partial charge in [0.15, 0.2) is 5.90 Å². The van der Waals surface area contributed by atoms with Crippen LogP contribution in [0.4, 0.5) is 0 Å². The minimum absolute atomic E-state index is 0.0729. The summed E-state index contributed by atoms with van der Waals surface area (Å²) in [5, 5.41) is 12.7. The fourth-order valence-electron chi connectivity index (χ4n) is 4.53. The Morgan fingerprint density at radius 3 is 2.69 bits per heavy atom. The maximum atomic E-state index is 13.2. The Bertz CT molecular complexity index is 952. The minimum atomic E-state index is -0.309. The standard InChI is InChI=1S/C28H37ClN2O4/c1-2-7-26-25(28(34)30-14-4-3-5-15-32)17-21(16-20-10-12-22(29)13-11-20)18-27(31-26)35-24-9-6-8-23(33)19-24/h6,9-13,21,24,32H,2-5,7-8,14-19H2,1H3,(H,30,34). The van der Waals surface area contributed by atoms with Gasteiger partial charge in [0.05, 0.1) is 5.70 Å². The van der Waals surface area contributed by atoms with Crippen LogP contribution in [-0.4, -0.2) is 42.0 Å². The highest BCUT2D eigenvalue weighted by Crippen LogP contribution is 2.31. The molecule has 35 heavy (non-hydrogen) atoms. The molecule has 0 bridgehead atoms. The van der Waals surface area contributed by atoms with Crippen LogP contribution in [0.1, 0.15) is 70.3 Å². The van der Waals surface area contributed by atoms with Gasteiger partial charge < -0.3 is 15.2 Å². The molecule has 0 spiro atoms. The summed E-state index contributed by atoms with van der Waals surface area (Å²) in [4.78, 5) is 30.0. The molecule has 1 aliphatic heterocycles. The van der Waals surface area contributed by atoms with Gasteiger partial charge >= 0.3 is 0 Å². The lowest BCUT2D eigenvalue weighted by Gasteiger charge is -2.21. The molecule has 2 aliphatic rings. The van der Waals surface area contributed by atoms with E-state index in [1.54, 1.807) is 0 Å². The first-order valence-corrected chi connectivity index (χ1v) is 13.1. The molecule has 1 aromatic carbocycles. The van der Waals surface area contributed by atoms with Gasteiger partial charge in [-0.25, -0.2) is 4.99 Å². The van der Waals surface area contributed by atoms with Crippen molar-refractivity contribution in [2.24, 2.45) is 10.9 Å². The number of amides is 1. The molecule has 1 amide bonds. The Morgan fingerprint density at radius 2 is 1.97 bits per heavy atom. The van der Waals surface area contributed by atoms with Crippen molar-refractivity contribution < 1.29 is 19.4 Å². The van der Waals surface area contributed by atoms with Crippen molar-refractivity contribution in [3.05, 3.63) is 58.3 Å². The summed E-state index contributed by atoms with van der Waals surface area (Å²) in [6, 6.07) is 7.81. The Morgan fingerprint density at radius 1 is 1.17 bits per heavy atom. The third-order valence-corrected chi connectivity index (χ3v) is 6.55. The number of hydrogen-bond donors (Lipinski definition) is 2. The molecule has 3 rings (SSSR count). The summed E-state index contributed by atoms with van der Waals surface area (Å²) < 4.78 is 6.23. The van der Waals surface area contributed by atoms with E-state index in [-0.39, 0.29) is 30.3 Å². The number of ether oxygens (including phenoxy) is 1. The molecule has 190 valence electrons. The molecule has 0 saturated carbocycles. The van der Waals surface area contributed by atoms with E-state index in [0.29, 0.717) is 49.6 Å². The third-order valence-electron chi connectivity index (χ3n) is 6.30. The van der Waals surface area contributed by atoms with E-state index in [1.807, 2.05) is 36.4 Å². The second kappa shape index (κ2) is 14.2. The number of Topliss-reactive ketones (excluding diaryl/α,β-unsaturated/α-hetero) is 1. The van der Waals surface area contributed by atoms with Gasteiger partial charge in [0.2, 0.25) is 5.91 Å². The summed E-state index contributed by atoms with van der Waals surface area (Å²) in [6.45, 7) is 2.82. The number of halogens is 1. The number of nitrogens with one attached hydrogen (secondary N) is 1. The lowest BCUT2D eigenvalue weighted by atomic mass is 9.89. The number of benzene rings is 1. The highest BCUT2D eigenvalue weighted by molar-refractivity contribution is 6.30. The zero-order valence-electron chi connectivity index (χ0n) is 20.6. The van der Waals surface area contributed by atoms with E-state index in [4.69, 9.17) is 26.4 Å².